The molecule has 0 saturated carbocycles. The quantitative estimate of drug-likeness (QED) is 0.757. The van der Waals surface area contributed by atoms with E-state index in [2.05, 4.69) is 0 Å². The van der Waals surface area contributed by atoms with Gasteiger partial charge in [0.15, 0.2) is 18.2 Å². The van der Waals surface area contributed by atoms with Crippen LogP contribution in [-0.2, 0) is 16.1 Å². The van der Waals surface area contributed by atoms with Crippen LogP contribution in [0.1, 0.15) is 12.0 Å². The van der Waals surface area contributed by atoms with Crippen LogP contribution >= 0.6 is 11.6 Å². The predicted molar refractivity (Wildman–Crippen MR) is 91.0 cm³/mol. The van der Waals surface area contributed by atoms with Gasteiger partial charge in [-0.15, -0.1) is 0 Å². The van der Waals surface area contributed by atoms with Crippen LogP contribution in [0.4, 0.5) is 8.78 Å². The molecule has 26 heavy (non-hydrogen) atoms. The molecule has 5 nitrogen and oxygen atoms in total. The Balaban J connectivity index is 2.10. The molecule has 8 heteroatoms. The number of rotatable bonds is 8. The highest BCUT2D eigenvalue weighted by atomic mass is 35.5. The summed E-state index contributed by atoms with van der Waals surface area (Å²) in [6.07, 6.45) is -0.339. The average Bonchev–Trinajstić information content (AvgIpc) is 2.61. The fraction of sp³-hybridized carbons (Fsp3) is 0.222. The van der Waals surface area contributed by atoms with E-state index in [-0.39, 0.29) is 30.8 Å². The molecular weight excluding hydrogens is 368 g/mol. The normalized spacial score (nSPS) is 10.4. The Hall–Kier alpha value is -2.67. The van der Waals surface area contributed by atoms with Gasteiger partial charge in [-0.1, -0.05) is 35.9 Å². The third-order valence-electron chi connectivity index (χ3n) is 3.53. The van der Waals surface area contributed by atoms with Crippen LogP contribution in [0.2, 0.25) is 5.02 Å². The minimum atomic E-state index is -1.12. The van der Waals surface area contributed by atoms with Crippen molar-refractivity contribution in [1.29, 1.82) is 0 Å². The Bertz CT molecular complexity index is 801. The van der Waals surface area contributed by atoms with Gasteiger partial charge in [-0.25, -0.2) is 8.78 Å². The number of hydrogen-bond acceptors (Lipinski definition) is 3. The first-order chi connectivity index (χ1) is 12.4. The molecule has 0 radical (unpaired) electrons. The molecular formula is C18H16ClF2NO4. The first-order valence-electron chi connectivity index (χ1n) is 7.68. The number of nitrogens with zero attached hydrogens (tertiary/aromatic N) is 1. The van der Waals surface area contributed by atoms with Crippen molar-refractivity contribution in [3.63, 3.8) is 0 Å². The van der Waals surface area contributed by atoms with Gasteiger partial charge in [0.25, 0.3) is 5.91 Å². The van der Waals surface area contributed by atoms with E-state index in [4.69, 9.17) is 21.4 Å². The number of carboxylic acids is 1. The van der Waals surface area contributed by atoms with Crippen molar-refractivity contribution in [2.24, 2.45) is 0 Å². The number of benzene rings is 2. The van der Waals surface area contributed by atoms with Crippen molar-refractivity contribution in [2.75, 3.05) is 13.2 Å². The summed E-state index contributed by atoms with van der Waals surface area (Å²) in [5.74, 6) is -3.52. The van der Waals surface area contributed by atoms with Gasteiger partial charge >= 0.3 is 5.97 Å². The summed E-state index contributed by atoms with van der Waals surface area (Å²) in [5.41, 5.74) is -0.0542. The van der Waals surface area contributed by atoms with Gasteiger partial charge in [0.2, 0.25) is 0 Å². The summed E-state index contributed by atoms with van der Waals surface area (Å²) >= 11 is 5.94. The number of carbonyl (C=O) groups is 2. The van der Waals surface area contributed by atoms with Crippen molar-refractivity contribution in [3.05, 3.63) is 64.7 Å². The second kappa shape index (κ2) is 9.15. The third kappa shape index (κ3) is 5.42. The molecule has 0 bridgehead atoms. The molecule has 0 heterocycles. The number of aliphatic carboxylic acids is 1. The topological polar surface area (TPSA) is 66.8 Å². The maximum Gasteiger partial charge on any atom is 0.305 e. The van der Waals surface area contributed by atoms with Crippen LogP contribution in [-0.4, -0.2) is 35.0 Å². The molecule has 0 aliphatic heterocycles. The molecule has 0 fully saturated rings. The van der Waals surface area contributed by atoms with E-state index in [1.807, 2.05) is 0 Å². The second-order valence-corrected chi connectivity index (χ2v) is 5.80. The highest BCUT2D eigenvalue weighted by molar-refractivity contribution is 6.32. The molecule has 2 aromatic carbocycles. The van der Waals surface area contributed by atoms with E-state index in [0.717, 1.165) is 11.0 Å². The molecule has 2 aromatic rings. The molecule has 1 N–H and O–H groups in total. The van der Waals surface area contributed by atoms with E-state index >= 15 is 0 Å². The Labute approximate surface area is 153 Å². The summed E-state index contributed by atoms with van der Waals surface area (Å²) < 4.78 is 32.5. The molecule has 0 unspecified atom stereocenters. The molecule has 0 spiro atoms. The molecule has 2 rings (SSSR count). The molecule has 0 aliphatic rings. The Morgan fingerprint density at radius 3 is 2.54 bits per heavy atom. The third-order valence-corrected chi connectivity index (χ3v) is 3.84. The minimum Gasteiger partial charge on any atom is -0.482 e. The number of carbonyl (C=O) groups excluding carboxylic acids is 1. The number of halogens is 3. The molecule has 0 atom stereocenters. The zero-order chi connectivity index (χ0) is 19.1. The van der Waals surface area contributed by atoms with Gasteiger partial charge in [0, 0.05) is 18.7 Å². The zero-order valence-corrected chi connectivity index (χ0v) is 14.4. The Morgan fingerprint density at radius 1 is 1.12 bits per heavy atom. The highest BCUT2D eigenvalue weighted by Crippen LogP contribution is 2.23. The summed E-state index contributed by atoms with van der Waals surface area (Å²) in [5, 5.41) is 9.15. The first-order valence-corrected chi connectivity index (χ1v) is 8.06. The van der Waals surface area contributed by atoms with Crippen LogP contribution in [0.3, 0.4) is 0 Å². The van der Waals surface area contributed by atoms with Crippen molar-refractivity contribution in [3.8, 4) is 5.75 Å². The molecule has 138 valence electrons. The van der Waals surface area contributed by atoms with E-state index in [1.54, 1.807) is 24.3 Å². The number of para-hydroxylation sites is 1. The lowest BCUT2D eigenvalue weighted by atomic mass is 10.2. The van der Waals surface area contributed by atoms with Gasteiger partial charge < -0.3 is 14.7 Å². The van der Waals surface area contributed by atoms with Crippen LogP contribution in [0, 0.1) is 11.6 Å². The molecule has 1 amide bonds. The number of amides is 1. The fourth-order valence-electron chi connectivity index (χ4n) is 2.19. The largest absolute Gasteiger partial charge is 0.482 e. The van der Waals surface area contributed by atoms with Crippen molar-refractivity contribution in [1.82, 2.24) is 4.90 Å². The highest BCUT2D eigenvalue weighted by Gasteiger charge is 2.19. The van der Waals surface area contributed by atoms with Crippen LogP contribution in [0.5, 0.6) is 5.75 Å². The van der Waals surface area contributed by atoms with Crippen LogP contribution in [0.25, 0.3) is 0 Å². The lowest BCUT2D eigenvalue weighted by Crippen LogP contribution is -2.36. The minimum absolute atomic E-state index is 0.0542. The van der Waals surface area contributed by atoms with Gasteiger partial charge in [-0.2, -0.15) is 0 Å². The molecule has 0 aromatic heterocycles. The van der Waals surface area contributed by atoms with Gasteiger partial charge in [0.1, 0.15) is 5.75 Å². The lowest BCUT2D eigenvalue weighted by molar-refractivity contribution is -0.139. The number of ether oxygens (including phenoxy) is 1. The van der Waals surface area contributed by atoms with E-state index in [0.29, 0.717) is 5.02 Å². The molecule has 0 saturated heterocycles. The lowest BCUT2D eigenvalue weighted by Gasteiger charge is -2.22. The predicted octanol–water partition coefficient (Wildman–Crippen LogP) is 3.50. The maximum atomic E-state index is 13.8. The second-order valence-electron chi connectivity index (χ2n) is 5.39. The Kier molecular flexibility index (Phi) is 6.91. The van der Waals surface area contributed by atoms with Gasteiger partial charge in [-0.3, -0.25) is 9.59 Å². The SMILES string of the molecule is O=C(O)CCN(Cc1cccc(F)c1F)C(=O)COc1ccccc1Cl. The first kappa shape index (κ1) is 19.7. The van der Waals surface area contributed by atoms with Crippen molar-refractivity contribution in [2.45, 2.75) is 13.0 Å². The standard InChI is InChI=1S/C18H16ClF2NO4/c19-13-5-1-2-7-15(13)26-11-16(23)22(9-8-17(24)25)10-12-4-3-6-14(20)18(12)21/h1-7H,8-11H2,(H,24,25). The summed E-state index contributed by atoms with van der Waals surface area (Å²) in [6.45, 7) is -0.863. The van der Waals surface area contributed by atoms with E-state index in [9.17, 15) is 18.4 Å². The van der Waals surface area contributed by atoms with Gasteiger partial charge in [-0.05, 0) is 18.2 Å². The summed E-state index contributed by atoms with van der Waals surface area (Å²) in [4.78, 5) is 24.3. The van der Waals surface area contributed by atoms with Crippen LogP contribution in [0.15, 0.2) is 42.5 Å². The van der Waals surface area contributed by atoms with Crippen molar-refractivity contribution < 1.29 is 28.2 Å². The van der Waals surface area contributed by atoms with Crippen molar-refractivity contribution >= 4 is 23.5 Å². The van der Waals surface area contributed by atoms with Crippen LogP contribution < -0.4 is 4.74 Å². The average molecular weight is 384 g/mol. The molecule has 0 aliphatic carbocycles. The maximum absolute atomic E-state index is 13.8. The fourth-order valence-corrected chi connectivity index (χ4v) is 2.38. The number of hydrogen-bond donors (Lipinski definition) is 1. The smallest absolute Gasteiger partial charge is 0.305 e. The number of carboxylic acid groups (broad SMARTS) is 1. The zero-order valence-electron chi connectivity index (χ0n) is 13.6. The Morgan fingerprint density at radius 2 is 1.85 bits per heavy atom. The van der Waals surface area contributed by atoms with E-state index in [1.165, 1.54) is 12.1 Å². The van der Waals surface area contributed by atoms with E-state index < -0.39 is 30.1 Å². The monoisotopic (exact) mass is 383 g/mol. The summed E-state index contributed by atoms with van der Waals surface area (Å²) in [7, 11) is 0. The summed E-state index contributed by atoms with van der Waals surface area (Å²) in [6, 6.07) is 10.1. The van der Waals surface area contributed by atoms with Gasteiger partial charge in [0.05, 0.1) is 11.4 Å².